The first-order valence-electron chi connectivity index (χ1n) is 9.84. The predicted molar refractivity (Wildman–Crippen MR) is 98.9 cm³/mol. The van der Waals surface area contributed by atoms with E-state index in [0.29, 0.717) is 31.0 Å². The number of ketones is 1. The number of Topliss-reactive ketones (excluding diaryl/α,β-unsaturated/α-hetero) is 1. The molecule has 0 aromatic rings. The highest BCUT2D eigenvalue weighted by Gasteiger charge is 2.33. The van der Waals surface area contributed by atoms with E-state index in [1.807, 2.05) is 0 Å². The van der Waals surface area contributed by atoms with Crippen LogP contribution in [-0.4, -0.2) is 30.1 Å². The Morgan fingerprint density at radius 1 is 1.28 bits per heavy atom. The van der Waals surface area contributed by atoms with Crippen LogP contribution in [0, 0.1) is 23.7 Å². The summed E-state index contributed by atoms with van der Waals surface area (Å²) in [6.07, 6.45) is 9.88. The van der Waals surface area contributed by atoms with Crippen LogP contribution >= 0.6 is 0 Å². The van der Waals surface area contributed by atoms with Crippen molar-refractivity contribution >= 4 is 11.8 Å². The number of carbonyl (C=O) groups is 2. The zero-order valence-electron chi connectivity index (χ0n) is 15.9. The third-order valence-corrected chi connectivity index (χ3v) is 5.07. The zero-order valence-corrected chi connectivity index (χ0v) is 15.9. The molecule has 0 amide bonds. The Balaban J connectivity index is 2.24. The van der Waals surface area contributed by atoms with Crippen molar-refractivity contribution < 1.29 is 19.4 Å². The molecule has 1 aliphatic rings. The Kier molecular flexibility index (Phi) is 11.2. The molecule has 3 atom stereocenters. The van der Waals surface area contributed by atoms with Crippen LogP contribution in [-0.2, 0) is 14.3 Å². The highest BCUT2D eigenvalue weighted by molar-refractivity contribution is 5.83. The molecule has 0 saturated heterocycles. The molecule has 0 aromatic heterocycles. The Morgan fingerprint density at radius 2 is 2.04 bits per heavy atom. The van der Waals surface area contributed by atoms with E-state index in [9.17, 15) is 14.7 Å². The van der Waals surface area contributed by atoms with Crippen molar-refractivity contribution in [2.24, 2.45) is 11.8 Å². The number of unbranched alkanes of at least 4 members (excludes halogenated alkanes) is 4. The normalized spacial score (nSPS) is 20.8. The maximum absolute atomic E-state index is 12.1. The van der Waals surface area contributed by atoms with Crippen molar-refractivity contribution in [1.82, 2.24) is 0 Å². The van der Waals surface area contributed by atoms with Crippen molar-refractivity contribution in [3.05, 3.63) is 0 Å². The third kappa shape index (κ3) is 9.07. The molecular formula is C21H34O4. The summed E-state index contributed by atoms with van der Waals surface area (Å²) in [6.45, 7) is 2.07. The summed E-state index contributed by atoms with van der Waals surface area (Å²) in [5.41, 5.74) is 0. The van der Waals surface area contributed by atoms with Crippen molar-refractivity contribution in [1.29, 1.82) is 0 Å². The Hall–Kier alpha value is -1.34. The summed E-state index contributed by atoms with van der Waals surface area (Å²) in [5.74, 6) is 6.71. The van der Waals surface area contributed by atoms with E-state index in [-0.39, 0.29) is 11.9 Å². The summed E-state index contributed by atoms with van der Waals surface area (Å²) in [4.78, 5) is 23.2. The van der Waals surface area contributed by atoms with Crippen molar-refractivity contribution in [2.45, 2.75) is 90.1 Å². The number of methoxy groups -OCH3 is 1. The lowest BCUT2D eigenvalue weighted by atomic mass is 9.86. The number of aliphatic hydroxyl groups is 1. The van der Waals surface area contributed by atoms with Crippen molar-refractivity contribution in [2.75, 3.05) is 7.11 Å². The lowest BCUT2D eigenvalue weighted by molar-refractivity contribution is -0.140. The van der Waals surface area contributed by atoms with Gasteiger partial charge in [-0.15, -0.1) is 5.92 Å². The molecule has 1 rings (SSSR count). The molecule has 1 saturated carbocycles. The van der Waals surface area contributed by atoms with Crippen LogP contribution in [0.5, 0.6) is 0 Å². The largest absolute Gasteiger partial charge is 0.469 e. The second-order valence-electron chi connectivity index (χ2n) is 7.06. The minimum atomic E-state index is -0.554. The van der Waals surface area contributed by atoms with Crippen LogP contribution in [0.1, 0.15) is 84.0 Å². The van der Waals surface area contributed by atoms with Gasteiger partial charge in [-0.1, -0.05) is 32.1 Å². The molecule has 0 aliphatic heterocycles. The van der Waals surface area contributed by atoms with E-state index >= 15 is 0 Å². The number of esters is 1. The number of ether oxygens (including phenoxy) is 1. The molecule has 4 heteroatoms. The van der Waals surface area contributed by atoms with E-state index < -0.39 is 6.10 Å². The third-order valence-electron chi connectivity index (χ3n) is 5.07. The van der Waals surface area contributed by atoms with Crippen LogP contribution in [0.2, 0.25) is 0 Å². The fraction of sp³-hybridized carbons (Fsp3) is 0.810. The number of rotatable bonds is 11. The quantitative estimate of drug-likeness (QED) is 0.347. The van der Waals surface area contributed by atoms with Gasteiger partial charge in [-0.3, -0.25) is 9.59 Å². The van der Waals surface area contributed by atoms with Crippen LogP contribution < -0.4 is 0 Å². The fourth-order valence-corrected chi connectivity index (χ4v) is 3.57. The van der Waals surface area contributed by atoms with Gasteiger partial charge < -0.3 is 9.84 Å². The fourth-order valence-electron chi connectivity index (χ4n) is 3.57. The summed E-state index contributed by atoms with van der Waals surface area (Å²) in [7, 11) is 1.42. The highest BCUT2D eigenvalue weighted by atomic mass is 16.5. The smallest absolute Gasteiger partial charge is 0.305 e. The van der Waals surface area contributed by atoms with Gasteiger partial charge in [0.25, 0.3) is 0 Å². The SMILES string of the molecule is CCCC#CC(O)CC[C@H]1CCC(=O)[C@@H]1CCCCCCC(=O)OC. The van der Waals surface area contributed by atoms with Gasteiger partial charge in [-0.25, -0.2) is 0 Å². The number of hydrogen-bond acceptors (Lipinski definition) is 4. The lowest BCUT2D eigenvalue weighted by Crippen LogP contribution is -2.17. The highest BCUT2D eigenvalue weighted by Crippen LogP contribution is 2.36. The molecule has 1 N–H and O–H groups in total. The first-order chi connectivity index (χ1) is 12.1. The molecule has 25 heavy (non-hydrogen) atoms. The lowest BCUT2D eigenvalue weighted by Gasteiger charge is -2.18. The monoisotopic (exact) mass is 350 g/mol. The van der Waals surface area contributed by atoms with E-state index in [0.717, 1.165) is 57.8 Å². The van der Waals surface area contributed by atoms with Gasteiger partial charge in [0, 0.05) is 25.2 Å². The minimum absolute atomic E-state index is 0.147. The van der Waals surface area contributed by atoms with Crippen LogP contribution in [0.25, 0.3) is 0 Å². The minimum Gasteiger partial charge on any atom is -0.469 e. The average Bonchev–Trinajstić information content (AvgIpc) is 2.96. The molecular weight excluding hydrogens is 316 g/mol. The molecule has 142 valence electrons. The van der Waals surface area contributed by atoms with E-state index in [2.05, 4.69) is 23.5 Å². The van der Waals surface area contributed by atoms with Crippen LogP contribution in [0.4, 0.5) is 0 Å². The topological polar surface area (TPSA) is 63.6 Å². The zero-order chi connectivity index (χ0) is 18.5. The van der Waals surface area contributed by atoms with E-state index in [4.69, 9.17) is 0 Å². The Bertz CT molecular complexity index is 460. The van der Waals surface area contributed by atoms with Gasteiger partial charge in [-0.2, -0.15) is 0 Å². The molecule has 0 bridgehead atoms. The van der Waals surface area contributed by atoms with Crippen LogP contribution in [0.3, 0.4) is 0 Å². The molecule has 4 nitrogen and oxygen atoms in total. The number of aliphatic hydroxyl groups excluding tert-OH is 1. The maximum atomic E-state index is 12.1. The van der Waals surface area contributed by atoms with E-state index in [1.165, 1.54) is 7.11 Å². The van der Waals surface area contributed by atoms with Gasteiger partial charge in [0.05, 0.1) is 7.11 Å². The summed E-state index contributed by atoms with van der Waals surface area (Å²) in [6, 6.07) is 0. The van der Waals surface area contributed by atoms with Gasteiger partial charge in [-0.05, 0) is 44.4 Å². The summed E-state index contributed by atoms with van der Waals surface area (Å²) < 4.78 is 4.63. The average molecular weight is 350 g/mol. The molecule has 0 radical (unpaired) electrons. The standard InChI is InChI=1S/C21H34O4/c1-3-4-7-10-18(22)15-13-17-14-16-20(23)19(17)11-8-5-6-9-12-21(24)25-2/h17-19,22H,3-6,8-9,11-16H2,1-2H3/t17-,18?,19+/m0/s1. The summed E-state index contributed by atoms with van der Waals surface area (Å²) in [5, 5.41) is 9.93. The molecule has 0 aromatic carbocycles. The van der Waals surface area contributed by atoms with Crippen LogP contribution in [0.15, 0.2) is 0 Å². The first-order valence-corrected chi connectivity index (χ1v) is 9.84. The summed E-state index contributed by atoms with van der Waals surface area (Å²) >= 11 is 0. The molecule has 0 spiro atoms. The van der Waals surface area contributed by atoms with Crippen molar-refractivity contribution in [3.63, 3.8) is 0 Å². The number of hydrogen-bond donors (Lipinski definition) is 1. The predicted octanol–water partition coefficient (Wildman–Crippen LogP) is 4.04. The first kappa shape index (κ1) is 21.7. The maximum Gasteiger partial charge on any atom is 0.305 e. The Morgan fingerprint density at radius 3 is 2.76 bits per heavy atom. The van der Waals surface area contributed by atoms with E-state index in [1.54, 1.807) is 0 Å². The molecule has 1 fully saturated rings. The molecule has 0 heterocycles. The van der Waals surface area contributed by atoms with Gasteiger partial charge >= 0.3 is 5.97 Å². The second-order valence-corrected chi connectivity index (χ2v) is 7.06. The van der Waals surface area contributed by atoms with Gasteiger partial charge in [0.1, 0.15) is 11.9 Å². The molecule has 1 unspecified atom stereocenters. The van der Waals surface area contributed by atoms with Gasteiger partial charge in [0.15, 0.2) is 0 Å². The Labute approximate surface area is 152 Å². The van der Waals surface area contributed by atoms with Gasteiger partial charge in [0.2, 0.25) is 0 Å². The number of carbonyl (C=O) groups excluding carboxylic acids is 2. The molecule has 1 aliphatic carbocycles. The second kappa shape index (κ2) is 12.9. The van der Waals surface area contributed by atoms with Crippen molar-refractivity contribution in [3.8, 4) is 11.8 Å².